The maximum absolute atomic E-state index is 15.0. The molecule has 0 amide bonds. The van der Waals surface area contributed by atoms with Gasteiger partial charge in [-0.2, -0.15) is 0 Å². The summed E-state index contributed by atoms with van der Waals surface area (Å²) in [5.74, 6) is 0.0141. The average Bonchev–Trinajstić information content (AvgIpc) is 2.29. The van der Waals surface area contributed by atoms with Gasteiger partial charge >= 0.3 is 0 Å². The molecule has 1 heterocycles. The summed E-state index contributed by atoms with van der Waals surface area (Å²) in [6, 6.07) is 6.74. The molecule has 0 saturated carbocycles. The van der Waals surface area contributed by atoms with Crippen LogP contribution in [-0.4, -0.2) is 30.1 Å². The van der Waals surface area contributed by atoms with Crippen molar-refractivity contribution in [1.29, 1.82) is 0 Å². The molecule has 1 fully saturated rings. The molecule has 2 rings (SSSR count). The van der Waals surface area contributed by atoms with Crippen LogP contribution >= 0.6 is 0 Å². The first-order chi connectivity index (χ1) is 8.01. The van der Waals surface area contributed by atoms with Gasteiger partial charge in [-0.25, -0.2) is 4.39 Å². The van der Waals surface area contributed by atoms with Crippen LogP contribution in [0.15, 0.2) is 24.3 Å². The van der Waals surface area contributed by atoms with Crippen molar-refractivity contribution < 1.29 is 9.50 Å². The van der Waals surface area contributed by atoms with Gasteiger partial charge in [0.1, 0.15) is 11.4 Å². The number of alkyl halides is 1. The zero-order valence-corrected chi connectivity index (χ0v) is 10.5. The van der Waals surface area contributed by atoms with Gasteiger partial charge in [0.15, 0.2) is 0 Å². The van der Waals surface area contributed by atoms with Crippen molar-refractivity contribution in [3.8, 4) is 5.75 Å². The molecule has 1 aromatic rings. The van der Waals surface area contributed by atoms with Crippen LogP contribution < -0.4 is 0 Å². The summed E-state index contributed by atoms with van der Waals surface area (Å²) in [5, 5.41) is 9.79. The largest absolute Gasteiger partial charge is 0.508 e. The standard InChI is InChI=1S/C14H20FNO/c1-14(15,11-6-5-9-16(2)10-11)12-7-3-4-8-13(12)17/h3-4,7-8,11,17H,5-6,9-10H2,1-2H3. The molecule has 2 nitrogen and oxygen atoms in total. The maximum atomic E-state index is 15.0. The molecule has 1 aliphatic rings. The minimum absolute atomic E-state index is 0.0467. The molecule has 0 aromatic heterocycles. The van der Waals surface area contributed by atoms with Crippen LogP contribution in [0.3, 0.4) is 0 Å². The van der Waals surface area contributed by atoms with Gasteiger partial charge in [-0.3, -0.25) is 0 Å². The van der Waals surface area contributed by atoms with E-state index in [1.165, 1.54) is 0 Å². The lowest BCUT2D eigenvalue weighted by atomic mass is 9.79. The fourth-order valence-corrected chi connectivity index (χ4v) is 2.72. The number of nitrogens with zero attached hydrogens (tertiary/aromatic N) is 1. The van der Waals surface area contributed by atoms with Crippen molar-refractivity contribution in [1.82, 2.24) is 4.90 Å². The zero-order chi connectivity index (χ0) is 12.5. The SMILES string of the molecule is CN1CCCC(C(C)(F)c2ccccc2O)C1. The summed E-state index contributed by atoms with van der Waals surface area (Å²) in [4.78, 5) is 2.16. The second-order valence-electron chi connectivity index (χ2n) is 5.19. The third-order valence-electron chi connectivity index (χ3n) is 3.82. The normalized spacial score (nSPS) is 25.5. The van der Waals surface area contributed by atoms with Crippen molar-refractivity contribution in [2.24, 2.45) is 5.92 Å². The number of phenolic OH excluding ortho intramolecular Hbond substituents is 1. The first-order valence-electron chi connectivity index (χ1n) is 6.17. The Balaban J connectivity index is 2.26. The van der Waals surface area contributed by atoms with E-state index in [9.17, 15) is 9.50 Å². The van der Waals surface area contributed by atoms with E-state index in [0.29, 0.717) is 5.56 Å². The summed E-state index contributed by atoms with van der Waals surface area (Å²) < 4.78 is 15.0. The van der Waals surface area contributed by atoms with Crippen molar-refractivity contribution in [3.05, 3.63) is 29.8 Å². The first kappa shape index (κ1) is 12.4. The number of benzene rings is 1. The molecule has 94 valence electrons. The molecular formula is C14H20FNO. The van der Waals surface area contributed by atoms with E-state index in [1.54, 1.807) is 31.2 Å². The van der Waals surface area contributed by atoms with Crippen molar-refractivity contribution >= 4 is 0 Å². The molecule has 0 radical (unpaired) electrons. The van der Waals surface area contributed by atoms with Gasteiger partial charge in [-0.1, -0.05) is 18.2 Å². The molecule has 0 bridgehead atoms. The minimum Gasteiger partial charge on any atom is -0.508 e. The lowest BCUT2D eigenvalue weighted by Crippen LogP contribution is -2.41. The van der Waals surface area contributed by atoms with Crippen LogP contribution in [-0.2, 0) is 5.67 Å². The highest BCUT2D eigenvalue weighted by molar-refractivity contribution is 5.37. The number of piperidine rings is 1. The van der Waals surface area contributed by atoms with Gasteiger partial charge in [0.2, 0.25) is 0 Å². The van der Waals surface area contributed by atoms with E-state index in [-0.39, 0.29) is 11.7 Å². The van der Waals surface area contributed by atoms with Crippen molar-refractivity contribution in [3.63, 3.8) is 0 Å². The molecule has 0 aliphatic carbocycles. The molecule has 2 atom stereocenters. The summed E-state index contributed by atoms with van der Waals surface area (Å²) in [7, 11) is 2.02. The number of aromatic hydroxyl groups is 1. The Morgan fingerprint density at radius 3 is 2.76 bits per heavy atom. The van der Waals surface area contributed by atoms with Crippen LogP contribution in [0.5, 0.6) is 5.75 Å². The Labute approximate surface area is 102 Å². The zero-order valence-electron chi connectivity index (χ0n) is 10.5. The maximum Gasteiger partial charge on any atom is 0.140 e. The quantitative estimate of drug-likeness (QED) is 0.855. The summed E-state index contributed by atoms with van der Waals surface area (Å²) in [6.07, 6.45) is 1.90. The van der Waals surface area contributed by atoms with E-state index >= 15 is 0 Å². The number of phenols is 1. The van der Waals surface area contributed by atoms with E-state index in [0.717, 1.165) is 25.9 Å². The predicted octanol–water partition coefficient (Wildman–Crippen LogP) is 2.92. The van der Waals surface area contributed by atoms with Gasteiger partial charge in [-0.15, -0.1) is 0 Å². The Kier molecular flexibility index (Phi) is 3.38. The van der Waals surface area contributed by atoms with Gasteiger partial charge in [0.05, 0.1) is 0 Å². The van der Waals surface area contributed by atoms with E-state index in [2.05, 4.69) is 4.90 Å². The number of rotatable bonds is 2. The molecule has 1 aliphatic heterocycles. The number of hydrogen-bond acceptors (Lipinski definition) is 2. The third kappa shape index (κ3) is 2.44. The monoisotopic (exact) mass is 237 g/mol. The number of likely N-dealkylation sites (tertiary alicyclic amines) is 1. The van der Waals surface area contributed by atoms with Crippen molar-refractivity contribution in [2.45, 2.75) is 25.4 Å². The fraction of sp³-hybridized carbons (Fsp3) is 0.571. The summed E-state index contributed by atoms with van der Waals surface area (Å²) in [5.41, 5.74) is -1.04. The molecule has 1 N–H and O–H groups in total. The first-order valence-corrected chi connectivity index (χ1v) is 6.17. The van der Waals surface area contributed by atoms with Crippen LogP contribution in [0.2, 0.25) is 0 Å². The van der Waals surface area contributed by atoms with Crippen LogP contribution in [0.4, 0.5) is 4.39 Å². The van der Waals surface area contributed by atoms with Gasteiger partial charge in [-0.05, 0) is 39.4 Å². The second-order valence-corrected chi connectivity index (χ2v) is 5.19. The number of halogens is 1. The average molecular weight is 237 g/mol. The Bertz CT molecular complexity index is 392. The Hall–Kier alpha value is -1.09. The predicted molar refractivity (Wildman–Crippen MR) is 66.8 cm³/mol. The third-order valence-corrected chi connectivity index (χ3v) is 3.82. The van der Waals surface area contributed by atoms with Gasteiger partial charge in [0.25, 0.3) is 0 Å². The van der Waals surface area contributed by atoms with Crippen LogP contribution in [0.25, 0.3) is 0 Å². The minimum atomic E-state index is -1.46. The van der Waals surface area contributed by atoms with E-state index < -0.39 is 5.67 Å². The Morgan fingerprint density at radius 2 is 2.12 bits per heavy atom. The fourth-order valence-electron chi connectivity index (χ4n) is 2.72. The van der Waals surface area contributed by atoms with Crippen LogP contribution in [0.1, 0.15) is 25.3 Å². The smallest absolute Gasteiger partial charge is 0.140 e. The molecule has 17 heavy (non-hydrogen) atoms. The summed E-state index contributed by atoms with van der Waals surface area (Å²) >= 11 is 0. The molecule has 1 aromatic carbocycles. The topological polar surface area (TPSA) is 23.5 Å². The highest BCUT2D eigenvalue weighted by Crippen LogP contribution is 2.41. The summed E-state index contributed by atoms with van der Waals surface area (Å²) in [6.45, 7) is 3.38. The highest BCUT2D eigenvalue weighted by Gasteiger charge is 2.39. The molecule has 3 heteroatoms. The molecule has 1 saturated heterocycles. The molecular weight excluding hydrogens is 217 g/mol. The van der Waals surface area contributed by atoms with E-state index in [1.807, 2.05) is 7.05 Å². The highest BCUT2D eigenvalue weighted by atomic mass is 19.1. The van der Waals surface area contributed by atoms with Gasteiger partial charge in [0, 0.05) is 18.0 Å². The van der Waals surface area contributed by atoms with Gasteiger partial charge < -0.3 is 10.0 Å². The number of hydrogen-bond donors (Lipinski definition) is 1. The Morgan fingerprint density at radius 1 is 1.41 bits per heavy atom. The lowest BCUT2D eigenvalue weighted by Gasteiger charge is -2.37. The van der Waals surface area contributed by atoms with Crippen molar-refractivity contribution in [2.75, 3.05) is 20.1 Å². The second kappa shape index (κ2) is 4.65. The van der Waals surface area contributed by atoms with E-state index in [4.69, 9.17) is 0 Å². The molecule has 0 spiro atoms. The lowest BCUT2D eigenvalue weighted by molar-refractivity contribution is 0.0434. The number of para-hydroxylation sites is 1. The molecule has 2 unspecified atom stereocenters. The van der Waals surface area contributed by atoms with Crippen LogP contribution in [0, 0.1) is 5.92 Å².